The van der Waals surface area contributed by atoms with E-state index in [-0.39, 0.29) is 44.0 Å². The molecule has 5 heteroatoms. The molecule has 0 atom stereocenters. The molecule has 32 heavy (non-hydrogen) atoms. The van der Waals surface area contributed by atoms with Gasteiger partial charge in [0, 0.05) is 44.0 Å². The average molecular weight is 552 g/mol. The van der Waals surface area contributed by atoms with Crippen molar-refractivity contribution in [2.45, 2.75) is 58.9 Å². The first-order valence-electron chi connectivity index (χ1n) is 11.0. The van der Waals surface area contributed by atoms with Crippen LogP contribution in [-0.4, -0.2) is 52.8 Å². The summed E-state index contributed by atoms with van der Waals surface area (Å²) >= 11 is 0. The third kappa shape index (κ3) is 18.6. The molecule has 170 valence electrons. The third-order valence-corrected chi connectivity index (χ3v) is 5.92. The van der Waals surface area contributed by atoms with Crippen molar-refractivity contribution in [2.75, 3.05) is 0 Å². The Balaban J connectivity index is 0. The second kappa shape index (κ2) is 20.7. The van der Waals surface area contributed by atoms with Crippen LogP contribution in [0.4, 0.5) is 0 Å². The first-order valence-corrected chi connectivity index (χ1v) is 21.5. The maximum Gasteiger partial charge on any atom is 0.154 e. The Morgan fingerprint density at radius 2 is 0.500 bits per heavy atom. The molecular formula is C27H42GeSi4. The van der Waals surface area contributed by atoms with E-state index in [1.165, 1.54) is 15.6 Å². The van der Waals surface area contributed by atoms with Crippen LogP contribution in [0.5, 0.6) is 0 Å². The summed E-state index contributed by atoms with van der Waals surface area (Å²) in [7, 11) is -0.516. The van der Waals surface area contributed by atoms with E-state index in [0.717, 1.165) is 0 Å². The Bertz CT molecular complexity index is 647. The summed E-state index contributed by atoms with van der Waals surface area (Å²) in [6.07, 6.45) is 0. The minimum Gasteiger partial charge on any atom is -0.0715 e. The monoisotopic (exact) mass is 552 g/mol. The van der Waals surface area contributed by atoms with Crippen molar-refractivity contribution < 1.29 is 0 Å². The predicted molar refractivity (Wildman–Crippen MR) is 160 cm³/mol. The predicted octanol–water partition coefficient (Wildman–Crippen LogP) is 5.93. The van der Waals surface area contributed by atoms with Crippen LogP contribution in [-0.2, 0) is 0 Å². The van der Waals surface area contributed by atoms with Crippen molar-refractivity contribution in [1.29, 1.82) is 0 Å². The van der Waals surface area contributed by atoms with Crippen LogP contribution >= 0.6 is 0 Å². The zero-order valence-electron chi connectivity index (χ0n) is 21.7. The maximum atomic E-state index is 2.27. The second-order valence-electron chi connectivity index (χ2n) is 8.97. The van der Waals surface area contributed by atoms with Gasteiger partial charge in [0.1, 0.15) is 0 Å². The molecule has 0 bridgehead atoms. The van der Waals surface area contributed by atoms with E-state index >= 15 is 0 Å². The van der Waals surface area contributed by atoms with Gasteiger partial charge in [-0.3, -0.25) is 0 Å². The fraction of sp³-hybridized carbons (Fsp3) is 0.333. The molecule has 0 saturated heterocycles. The van der Waals surface area contributed by atoms with E-state index < -0.39 is 8.80 Å². The fourth-order valence-corrected chi connectivity index (χ4v) is 4.89. The maximum absolute atomic E-state index is 2.27. The van der Waals surface area contributed by atoms with Crippen LogP contribution in [0.3, 0.4) is 0 Å². The zero-order chi connectivity index (χ0) is 23.6. The molecule has 3 aromatic carbocycles. The van der Waals surface area contributed by atoms with Gasteiger partial charge in [0.25, 0.3) is 0 Å². The largest absolute Gasteiger partial charge is 0.154 e. The van der Waals surface area contributed by atoms with Gasteiger partial charge in [-0.2, -0.15) is 0 Å². The SMILES string of the molecule is C[Si](C)C.C[Si](C)C.C[Si](C)C.[Ge].c1ccc([Si](c2ccccc2)c2ccccc2)cc1. The fourth-order valence-electron chi connectivity index (χ4n) is 2.31. The Labute approximate surface area is 217 Å². The van der Waals surface area contributed by atoms with Gasteiger partial charge in [-0.1, -0.05) is 165 Å². The van der Waals surface area contributed by atoms with E-state index in [2.05, 4.69) is 150 Å². The van der Waals surface area contributed by atoms with E-state index in [1.54, 1.807) is 0 Å². The molecule has 3 aromatic rings. The molecular weight excluding hydrogens is 509 g/mol. The van der Waals surface area contributed by atoms with Crippen molar-refractivity contribution in [3.05, 3.63) is 91.0 Å². The molecule has 8 radical (unpaired) electrons. The van der Waals surface area contributed by atoms with Crippen molar-refractivity contribution in [2.24, 2.45) is 0 Å². The zero-order valence-corrected chi connectivity index (χ0v) is 27.8. The van der Waals surface area contributed by atoms with Crippen molar-refractivity contribution >= 4 is 68.3 Å². The molecule has 0 saturated carbocycles. The van der Waals surface area contributed by atoms with Gasteiger partial charge in [-0.25, -0.2) is 0 Å². The molecule has 0 aromatic heterocycles. The Hall–Kier alpha value is -0.930. The molecule has 0 fully saturated rings. The summed E-state index contributed by atoms with van der Waals surface area (Å²) in [5, 5.41) is 4.31. The van der Waals surface area contributed by atoms with Gasteiger partial charge in [-0.05, 0) is 0 Å². The molecule has 0 aliphatic rings. The summed E-state index contributed by atoms with van der Waals surface area (Å²) in [5.41, 5.74) is 0. The van der Waals surface area contributed by atoms with E-state index in [0.29, 0.717) is 0 Å². The van der Waals surface area contributed by atoms with Crippen LogP contribution < -0.4 is 15.6 Å². The Kier molecular flexibility index (Phi) is 21.5. The molecule has 0 aliphatic carbocycles. The van der Waals surface area contributed by atoms with Crippen molar-refractivity contribution in [3.63, 3.8) is 0 Å². The van der Waals surface area contributed by atoms with Gasteiger partial charge in [-0.15, -0.1) is 0 Å². The first kappa shape index (κ1) is 33.2. The topological polar surface area (TPSA) is 0 Å². The summed E-state index contributed by atoms with van der Waals surface area (Å²) < 4.78 is 0. The normalized spacial score (nSPS) is 9.66. The summed E-state index contributed by atoms with van der Waals surface area (Å²) in [4.78, 5) is 0. The number of rotatable bonds is 3. The van der Waals surface area contributed by atoms with Crippen LogP contribution in [0.1, 0.15) is 0 Å². The van der Waals surface area contributed by atoms with Gasteiger partial charge in [0.05, 0.1) is 0 Å². The average Bonchev–Trinajstić information content (AvgIpc) is 2.69. The summed E-state index contributed by atoms with van der Waals surface area (Å²) in [6, 6.07) is 32.5. The van der Waals surface area contributed by atoms with Crippen molar-refractivity contribution in [3.8, 4) is 0 Å². The smallest absolute Gasteiger partial charge is 0.0715 e. The van der Waals surface area contributed by atoms with Gasteiger partial charge >= 0.3 is 0 Å². The summed E-state index contributed by atoms with van der Waals surface area (Å²) in [6.45, 7) is 20.4. The molecule has 0 N–H and O–H groups in total. The van der Waals surface area contributed by atoms with Crippen LogP contribution in [0.25, 0.3) is 0 Å². The molecule has 0 unspecified atom stereocenters. The molecule has 0 nitrogen and oxygen atoms in total. The number of hydrogen-bond donors (Lipinski definition) is 0. The molecule has 0 aliphatic heterocycles. The third-order valence-electron chi connectivity index (χ3n) is 3.19. The van der Waals surface area contributed by atoms with E-state index in [1.807, 2.05) is 0 Å². The number of hydrogen-bond acceptors (Lipinski definition) is 0. The minimum atomic E-state index is -0.877. The molecule has 3 rings (SSSR count). The molecule has 0 spiro atoms. The molecule has 0 heterocycles. The van der Waals surface area contributed by atoms with Gasteiger partial charge in [0.15, 0.2) is 8.80 Å². The first-order chi connectivity index (χ1) is 14.6. The summed E-state index contributed by atoms with van der Waals surface area (Å²) in [5.74, 6) is 0. The second-order valence-corrected chi connectivity index (χ2v) is 20.5. The quantitative estimate of drug-likeness (QED) is 0.280. The Morgan fingerprint density at radius 3 is 0.656 bits per heavy atom. The standard InChI is InChI=1S/C18H15Si.3C3H9Si.Ge/c1-4-10-16(11-5-1)19(17-12-6-2-7-13-17)18-14-8-3-9-15-18;3*1-4(2)3;/h1-15H;3*1-3H3;. The molecule has 0 amide bonds. The van der Waals surface area contributed by atoms with E-state index in [9.17, 15) is 0 Å². The van der Waals surface area contributed by atoms with Crippen LogP contribution in [0.2, 0.25) is 58.9 Å². The van der Waals surface area contributed by atoms with Crippen LogP contribution in [0, 0.1) is 0 Å². The van der Waals surface area contributed by atoms with Gasteiger partial charge < -0.3 is 0 Å². The van der Waals surface area contributed by atoms with Crippen LogP contribution in [0.15, 0.2) is 91.0 Å². The minimum absolute atomic E-state index is 0. The van der Waals surface area contributed by atoms with Gasteiger partial charge in [0.2, 0.25) is 0 Å². The van der Waals surface area contributed by atoms with Crippen molar-refractivity contribution in [1.82, 2.24) is 0 Å². The van der Waals surface area contributed by atoms with E-state index in [4.69, 9.17) is 0 Å². The number of benzene rings is 3. The Morgan fingerprint density at radius 1 is 0.344 bits per heavy atom.